The molecule has 3 rings (SSSR count). The quantitative estimate of drug-likeness (QED) is 0.210. The van der Waals surface area contributed by atoms with Crippen molar-refractivity contribution in [3.63, 3.8) is 0 Å². The fourth-order valence-electron chi connectivity index (χ4n) is 2.86. The van der Waals surface area contributed by atoms with E-state index in [9.17, 15) is 24.8 Å². The fourth-order valence-corrected chi connectivity index (χ4v) is 4.17. The zero-order valence-corrected chi connectivity index (χ0v) is 18.2. The molecule has 0 aliphatic carbocycles. The number of aryl methyl sites for hydroxylation is 1. The molecule has 160 valence electrons. The molecule has 1 fully saturated rings. The van der Waals surface area contributed by atoms with Gasteiger partial charge in [0, 0.05) is 19.0 Å². The monoisotopic (exact) mass is 457 g/mol. The van der Waals surface area contributed by atoms with Crippen molar-refractivity contribution in [3.8, 4) is 5.75 Å². The Balaban J connectivity index is 1.53. The number of anilines is 1. The van der Waals surface area contributed by atoms with Crippen LogP contribution >= 0.6 is 24.0 Å². The van der Waals surface area contributed by atoms with Crippen molar-refractivity contribution in [1.82, 2.24) is 4.90 Å². The van der Waals surface area contributed by atoms with Crippen molar-refractivity contribution in [3.05, 3.63) is 68.6 Å². The van der Waals surface area contributed by atoms with E-state index in [0.29, 0.717) is 15.6 Å². The number of phenols is 1. The van der Waals surface area contributed by atoms with Crippen molar-refractivity contribution < 1.29 is 19.6 Å². The Bertz CT molecular complexity index is 1080. The smallest absolute Gasteiger partial charge is 0.273 e. The largest absolute Gasteiger partial charge is 0.506 e. The van der Waals surface area contributed by atoms with Crippen molar-refractivity contribution in [2.24, 2.45) is 0 Å². The van der Waals surface area contributed by atoms with Gasteiger partial charge in [-0.25, -0.2) is 0 Å². The van der Waals surface area contributed by atoms with Crippen LogP contribution in [-0.2, 0) is 9.59 Å². The summed E-state index contributed by atoms with van der Waals surface area (Å²) in [6, 6.07) is 11.2. The topological polar surface area (TPSA) is 113 Å². The normalized spacial score (nSPS) is 14.9. The van der Waals surface area contributed by atoms with Crippen LogP contribution in [-0.4, -0.2) is 37.6 Å². The molecule has 0 unspecified atom stereocenters. The molecule has 2 amide bonds. The number of non-ortho nitro benzene ring substituents is 1. The minimum atomic E-state index is -0.638. The van der Waals surface area contributed by atoms with Crippen molar-refractivity contribution >= 4 is 57.6 Å². The number of nitro groups is 1. The molecule has 0 saturated carbocycles. The molecule has 0 radical (unpaired) electrons. The van der Waals surface area contributed by atoms with Crippen LogP contribution in [0, 0.1) is 17.0 Å². The first-order chi connectivity index (χ1) is 14.7. The van der Waals surface area contributed by atoms with Crippen LogP contribution in [0.25, 0.3) is 6.08 Å². The second-order valence-corrected chi connectivity index (χ2v) is 8.53. The number of carbonyl (C=O) groups excluding carboxylic acids is 2. The number of rotatable bonds is 7. The third-order valence-electron chi connectivity index (χ3n) is 4.50. The van der Waals surface area contributed by atoms with Gasteiger partial charge in [0.05, 0.1) is 21.6 Å². The molecule has 2 aromatic rings. The lowest BCUT2D eigenvalue weighted by Gasteiger charge is -2.14. The number of nitro benzene ring substituents is 1. The molecule has 0 atom stereocenters. The zero-order chi connectivity index (χ0) is 22.5. The van der Waals surface area contributed by atoms with Gasteiger partial charge in [0.15, 0.2) is 0 Å². The minimum absolute atomic E-state index is 0.0854. The number of aromatic hydroxyl groups is 1. The summed E-state index contributed by atoms with van der Waals surface area (Å²) in [5.41, 5.74) is 1.85. The molecule has 31 heavy (non-hydrogen) atoms. The van der Waals surface area contributed by atoms with E-state index in [2.05, 4.69) is 5.32 Å². The molecule has 2 aromatic carbocycles. The van der Waals surface area contributed by atoms with Crippen LogP contribution in [0.4, 0.5) is 11.4 Å². The highest BCUT2D eigenvalue weighted by atomic mass is 32.2. The van der Waals surface area contributed by atoms with Crippen molar-refractivity contribution in [2.45, 2.75) is 19.8 Å². The Hall–Kier alpha value is -3.24. The van der Waals surface area contributed by atoms with Gasteiger partial charge in [-0.05, 0) is 31.1 Å². The SMILES string of the molecule is Cc1ccc(C=C2SC(=S)N(CCCC(=O)Nc3ccc([N+](=O)[O-])cc3O)C2=O)cc1. The van der Waals surface area contributed by atoms with Gasteiger partial charge >= 0.3 is 0 Å². The van der Waals surface area contributed by atoms with Crippen LogP contribution < -0.4 is 5.32 Å². The lowest BCUT2D eigenvalue weighted by atomic mass is 10.1. The molecule has 8 nitrogen and oxygen atoms in total. The second kappa shape index (κ2) is 9.71. The fraction of sp³-hybridized carbons (Fsp3) is 0.190. The van der Waals surface area contributed by atoms with E-state index in [4.69, 9.17) is 12.2 Å². The average Bonchev–Trinajstić information content (AvgIpc) is 2.98. The van der Waals surface area contributed by atoms with Crippen LogP contribution in [0.1, 0.15) is 24.0 Å². The van der Waals surface area contributed by atoms with Gasteiger partial charge in [-0.2, -0.15) is 0 Å². The first-order valence-electron chi connectivity index (χ1n) is 9.34. The van der Waals surface area contributed by atoms with Gasteiger partial charge in [0.1, 0.15) is 10.1 Å². The summed E-state index contributed by atoms with van der Waals surface area (Å²) in [6.45, 7) is 2.28. The molecule has 1 heterocycles. The molecule has 1 aliphatic heterocycles. The summed E-state index contributed by atoms with van der Waals surface area (Å²) >= 11 is 6.53. The molecule has 0 spiro atoms. The summed E-state index contributed by atoms with van der Waals surface area (Å²) in [5, 5.41) is 23.0. The predicted octanol–water partition coefficient (Wildman–Crippen LogP) is 4.23. The second-order valence-electron chi connectivity index (χ2n) is 6.85. The molecule has 2 N–H and O–H groups in total. The number of nitrogens with zero attached hydrogens (tertiary/aromatic N) is 2. The van der Waals surface area contributed by atoms with Crippen molar-refractivity contribution in [2.75, 3.05) is 11.9 Å². The number of amides is 2. The molecular weight excluding hydrogens is 438 g/mol. The van der Waals surface area contributed by atoms with E-state index in [1.54, 1.807) is 6.08 Å². The van der Waals surface area contributed by atoms with E-state index in [0.717, 1.165) is 17.2 Å². The summed E-state index contributed by atoms with van der Waals surface area (Å²) < 4.78 is 0.441. The summed E-state index contributed by atoms with van der Waals surface area (Å²) in [7, 11) is 0. The Labute approximate surface area is 188 Å². The lowest BCUT2D eigenvalue weighted by molar-refractivity contribution is -0.384. The minimum Gasteiger partial charge on any atom is -0.506 e. The van der Waals surface area contributed by atoms with Crippen LogP contribution in [0.5, 0.6) is 5.75 Å². The van der Waals surface area contributed by atoms with Gasteiger partial charge in [-0.15, -0.1) is 0 Å². The number of thiocarbonyl (C=S) groups is 1. The standard InChI is InChI=1S/C21H19N3O5S2/c1-13-4-6-14(7-5-13)11-18-20(27)23(21(30)31-18)10-2-3-19(26)22-16-9-8-15(24(28)29)12-17(16)25/h4-9,11-12,25H,2-3,10H2,1H3,(H,22,26). The summed E-state index contributed by atoms with van der Waals surface area (Å²) in [6.07, 6.45) is 2.25. The predicted molar refractivity (Wildman–Crippen MR) is 124 cm³/mol. The van der Waals surface area contributed by atoms with Gasteiger partial charge in [-0.1, -0.05) is 53.8 Å². The lowest BCUT2D eigenvalue weighted by Crippen LogP contribution is -2.29. The Morgan fingerprint density at radius 3 is 2.65 bits per heavy atom. The summed E-state index contributed by atoms with van der Waals surface area (Å²) in [4.78, 5) is 36.9. The highest BCUT2D eigenvalue weighted by Gasteiger charge is 2.31. The average molecular weight is 458 g/mol. The molecule has 0 aromatic heterocycles. The molecule has 1 saturated heterocycles. The maximum atomic E-state index is 12.6. The molecule has 1 aliphatic rings. The maximum absolute atomic E-state index is 12.6. The van der Waals surface area contributed by atoms with Crippen LogP contribution in [0.2, 0.25) is 0 Å². The van der Waals surface area contributed by atoms with Crippen molar-refractivity contribution in [1.29, 1.82) is 0 Å². The van der Waals surface area contributed by atoms with Gasteiger partial charge in [0.25, 0.3) is 11.6 Å². The first kappa shape index (κ1) is 22.4. The maximum Gasteiger partial charge on any atom is 0.273 e. The van der Waals surface area contributed by atoms with E-state index in [1.165, 1.54) is 28.8 Å². The highest BCUT2D eigenvalue weighted by molar-refractivity contribution is 8.26. The molecular formula is C21H19N3O5S2. The number of phenolic OH excluding ortho intramolecular Hbond substituents is 1. The van der Waals surface area contributed by atoms with E-state index in [-0.39, 0.29) is 41.9 Å². The van der Waals surface area contributed by atoms with E-state index >= 15 is 0 Å². The third-order valence-corrected chi connectivity index (χ3v) is 5.88. The molecule has 10 heteroatoms. The number of thioether (sulfide) groups is 1. The van der Waals surface area contributed by atoms with E-state index in [1.807, 2.05) is 31.2 Å². The zero-order valence-electron chi connectivity index (χ0n) is 16.5. The van der Waals surface area contributed by atoms with E-state index < -0.39 is 4.92 Å². The Morgan fingerprint density at radius 1 is 1.29 bits per heavy atom. The number of hydrogen-bond donors (Lipinski definition) is 2. The van der Waals surface area contributed by atoms with Gasteiger partial charge in [-0.3, -0.25) is 24.6 Å². The Morgan fingerprint density at radius 2 is 2.00 bits per heavy atom. The number of benzene rings is 2. The number of nitrogens with one attached hydrogen (secondary N) is 1. The van der Waals surface area contributed by atoms with Gasteiger partial charge < -0.3 is 10.4 Å². The Kier molecular flexibility index (Phi) is 7.03. The number of hydrogen-bond acceptors (Lipinski definition) is 7. The first-order valence-corrected chi connectivity index (χ1v) is 10.6. The third kappa shape index (κ3) is 5.68. The highest BCUT2D eigenvalue weighted by Crippen LogP contribution is 2.33. The molecule has 0 bridgehead atoms. The van der Waals surface area contributed by atoms with Crippen LogP contribution in [0.3, 0.4) is 0 Å². The van der Waals surface area contributed by atoms with Crippen LogP contribution in [0.15, 0.2) is 47.4 Å². The number of carbonyl (C=O) groups is 2. The van der Waals surface area contributed by atoms with Gasteiger partial charge in [0.2, 0.25) is 5.91 Å². The summed E-state index contributed by atoms with van der Waals surface area (Å²) in [5.74, 6) is -0.963.